The fourth-order valence-corrected chi connectivity index (χ4v) is 4.44. The number of carbonyl (C=O) groups excluding carboxylic acids is 1. The Morgan fingerprint density at radius 1 is 1.15 bits per heavy atom. The number of hydrogen-bond acceptors (Lipinski definition) is 6. The summed E-state index contributed by atoms with van der Waals surface area (Å²) in [6, 6.07) is 13.7. The van der Waals surface area contributed by atoms with Gasteiger partial charge in [-0.05, 0) is 38.0 Å². The summed E-state index contributed by atoms with van der Waals surface area (Å²) in [6.45, 7) is 3.27. The van der Waals surface area contributed by atoms with E-state index in [9.17, 15) is 4.79 Å². The molecule has 7 heteroatoms. The molecule has 0 N–H and O–H groups in total. The van der Waals surface area contributed by atoms with Crippen LogP contribution in [0.15, 0.2) is 59.3 Å². The Morgan fingerprint density at radius 3 is 2.76 bits per heavy atom. The van der Waals surface area contributed by atoms with E-state index >= 15 is 0 Å². The average molecular weight is 442 g/mol. The molecular weight excluding hydrogens is 414 g/mol. The van der Waals surface area contributed by atoms with Gasteiger partial charge in [-0.1, -0.05) is 18.2 Å². The molecule has 0 saturated carbocycles. The van der Waals surface area contributed by atoms with Crippen LogP contribution < -0.4 is 4.90 Å². The highest BCUT2D eigenvalue weighted by molar-refractivity contribution is 5.99. The van der Waals surface area contributed by atoms with Crippen molar-refractivity contribution in [3.63, 3.8) is 0 Å². The Balaban J connectivity index is 1.45. The standard InChI is InChI=1S/C26H27N5O2/c1-17-20-10-4-5-11-22(20)33-24(17)26(32)31-13-7-9-19(16-31)21-14-23(30(2)3)29-25(28-21)18-8-6-12-27-15-18/h4-6,8,10-12,14-15,19H,7,9,13,16H2,1-3H3. The minimum Gasteiger partial charge on any atom is -0.451 e. The van der Waals surface area contributed by atoms with Crippen molar-refractivity contribution in [1.82, 2.24) is 19.9 Å². The molecule has 1 amide bonds. The topological polar surface area (TPSA) is 75.4 Å². The van der Waals surface area contributed by atoms with Gasteiger partial charge in [-0.25, -0.2) is 9.97 Å². The lowest BCUT2D eigenvalue weighted by molar-refractivity contribution is 0.0675. The molecule has 4 heterocycles. The van der Waals surface area contributed by atoms with E-state index in [1.54, 1.807) is 12.4 Å². The number of rotatable bonds is 4. The number of anilines is 1. The number of pyridine rings is 1. The van der Waals surface area contributed by atoms with Crippen molar-refractivity contribution in [3.8, 4) is 11.4 Å². The maximum Gasteiger partial charge on any atom is 0.289 e. The second kappa shape index (κ2) is 8.65. The van der Waals surface area contributed by atoms with Crippen LogP contribution in [0.4, 0.5) is 5.82 Å². The molecule has 1 atom stereocenters. The first kappa shape index (κ1) is 21.1. The summed E-state index contributed by atoms with van der Waals surface area (Å²) in [5, 5.41) is 0.988. The number of amides is 1. The number of carbonyl (C=O) groups is 1. The van der Waals surface area contributed by atoms with Crippen LogP contribution in [0.25, 0.3) is 22.4 Å². The van der Waals surface area contributed by atoms with Crippen LogP contribution in [0.5, 0.6) is 0 Å². The molecule has 1 saturated heterocycles. The molecule has 1 unspecified atom stereocenters. The number of benzene rings is 1. The Labute approximate surface area is 193 Å². The minimum atomic E-state index is -0.0530. The number of aromatic nitrogens is 3. The molecule has 1 fully saturated rings. The molecule has 168 valence electrons. The van der Waals surface area contributed by atoms with E-state index in [1.807, 2.05) is 73.3 Å². The van der Waals surface area contributed by atoms with Gasteiger partial charge >= 0.3 is 0 Å². The molecule has 5 rings (SSSR count). The summed E-state index contributed by atoms with van der Waals surface area (Å²) in [4.78, 5) is 31.1. The van der Waals surface area contributed by atoms with E-state index in [0.29, 0.717) is 24.7 Å². The summed E-state index contributed by atoms with van der Waals surface area (Å²) in [6.07, 6.45) is 5.41. The summed E-state index contributed by atoms with van der Waals surface area (Å²) in [5.41, 5.74) is 3.48. The van der Waals surface area contributed by atoms with Gasteiger partial charge in [0, 0.05) is 68.1 Å². The van der Waals surface area contributed by atoms with Crippen LogP contribution in [-0.2, 0) is 0 Å². The number of para-hydroxylation sites is 1. The molecule has 0 bridgehead atoms. The fraction of sp³-hybridized carbons (Fsp3) is 0.308. The zero-order chi connectivity index (χ0) is 22.9. The molecule has 0 aliphatic carbocycles. The molecule has 1 aromatic carbocycles. The molecule has 0 radical (unpaired) electrons. The van der Waals surface area contributed by atoms with Gasteiger partial charge < -0.3 is 14.2 Å². The third-order valence-electron chi connectivity index (χ3n) is 6.28. The lowest BCUT2D eigenvalue weighted by atomic mass is 9.94. The molecule has 33 heavy (non-hydrogen) atoms. The second-order valence-corrected chi connectivity index (χ2v) is 8.75. The van der Waals surface area contributed by atoms with Gasteiger partial charge in [0.05, 0.1) is 5.69 Å². The highest BCUT2D eigenvalue weighted by Crippen LogP contribution is 2.32. The van der Waals surface area contributed by atoms with Crippen molar-refractivity contribution < 1.29 is 9.21 Å². The maximum atomic E-state index is 13.4. The summed E-state index contributed by atoms with van der Waals surface area (Å²) >= 11 is 0. The van der Waals surface area contributed by atoms with Crippen molar-refractivity contribution >= 4 is 22.7 Å². The van der Waals surface area contributed by atoms with Gasteiger partial charge in [-0.2, -0.15) is 0 Å². The monoisotopic (exact) mass is 441 g/mol. The largest absolute Gasteiger partial charge is 0.451 e. The van der Waals surface area contributed by atoms with Crippen LogP contribution in [0.3, 0.4) is 0 Å². The Morgan fingerprint density at radius 2 is 2.00 bits per heavy atom. The average Bonchev–Trinajstić information content (AvgIpc) is 3.20. The molecule has 1 aliphatic rings. The molecule has 4 aromatic rings. The van der Waals surface area contributed by atoms with Gasteiger partial charge in [0.1, 0.15) is 11.4 Å². The summed E-state index contributed by atoms with van der Waals surface area (Å²) in [7, 11) is 3.94. The van der Waals surface area contributed by atoms with Crippen molar-refractivity contribution in [2.75, 3.05) is 32.1 Å². The Hall–Kier alpha value is -3.74. The Kier molecular flexibility index (Phi) is 5.54. The molecule has 1 aliphatic heterocycles. The molecule has 7 nitrogen and oxygen atoms in total. The lowest BCUT2D eigenvalue weighted by Gasteiger charge is -2.32. The van der Waals surface area contributed by atoms with Gasteiger partial charge in [-0.15, -0.1) is 0 Å². The maximum absolute atomic E-state index is 13.4. The number of aryl methyl sites for hydroxylation is 1. The van der Waals surface area contributed by atoms with Gasteiger partial charge in [-0.3, -0.25) is 9.78 Å². The predicted octanol–water partition coefficient (Wildman–Crippen LogP) is 4.68. The molecule has 0 spiro atoms. The quantitative estimate of drug-likeness (QED) is 0.458. The van der Waals surface area contributed by atoms with Crippen LogP contribution in [0, 0.1) is 6.92 Å². The van der Waals surface area contributed by atoms with E-state index in [-0.39, 0.29) is 11.8 Å². The zero-order valence-corrected chi connectivity index (χ0v) is 19.2. The zero-order valence-electron chi connectivity index (χ0n) is 19.2. The number of piperidine rings is 1. The van der Waals surface area contributed by atoms with E-state index in [0.717, 1.165) is 46.4 Å². The first-order valence-electron chi connectivity index (χ1n) is 11.3. The van der Waals surface area contributed by atoms with Crippen LogP contribution >= 0.6 is 0 Å². The smallest absolute Gasteiger partial charge is 0.289 e. The van der Waals surface area contributed by atoms with Crippen LogP contribution in [-0.4, -0.2) is 52.9 Å². The van der Waals surface area contributed by atoms with E-state index in [1.165, 1.54) is 0 Å². The molecule has 3 aromatic heterocycles. The number of hydrogen-bond donors (Lipinski definition) is 0. The third-order valence-corrected chi connectivity index (χ3v) is 6.28. The van der Waals surface area contributed by atoms with Gasteiger partial charge in [0.15, 0.2) is 11.6 Å². The van der Waals surface area contributed by atoms with Crippen molar-refractivity contribution in [1.29, 1.82) is 0 Å². The van der Waals surface area contributed by atoms with Crippen molar-refractivity contribution in [2.45, 2.75) is 25.7 Å². The van der Waals surface area contributed by atoms with Gasteiger partial charge in [0.2, 0.25) is 0 Å². The highest BCUT2D eigenvalue weighted by atomic mass is 16.3. The third kappa shape index (κ3) is 4.06. The number of likely N-dealkylation sites (tertiary alicyclic amines) is 1. The van der Waals surface area contributed by atoms with E-state index in [2.05, 4.69) is 4.98 Å². The van der Waals surface area contributed by atoms with Crippen molar-refractivity contribution in [2.24, 2.45) is 0 Å². The van der Waals surface area contributed by atoms with Crippen LogP contribution in [0.1, 0.15) is 40.6 Å². The SMILES string of the molecule is Cc1c(C(=O)N2CCCC(c3cc(N(C)C)nc(-c4cccnc4)n3)C2)oc2ccccc12. The summed E-state index contributed by atoms with van der Waals surface area (Å²) < 4.78 is 5.95. The number of nitrogens with zero attached hydrogens (tertiary/aromatic N) is 5. The van der Waals surface area contributed by atoms with Crippen molar-refractivity contribution in [3.05, 3.63) is 71.9 Å². The number of furan rings is 1. The van der Waals surface area contributed by atoms with Gasteiger partial charge in [0.25, 0.3) is 5.91 Å². The van der Waals surface area contributed by atoms with E-state index < -0.39 is 0 Å². The first-order valence-corrected chi connectivity index (χ1v) is 11.3. The Bertz CT molecular complexity index is 1300. The number of fused-ring (bicyclic) bond motifs is 1. The fourth-order valence-electron chi connectivity index (χ4n) is 4.44. The second-order valence-electron chi connectivity index (χ2n) is 8.75. The predicted molar refractivity (Wildman–Crippen MR) is 128 cm³/mol. The lowest BCUT2D eigenvalue weighted by Crippen LogP contribution is -2.39. The highest BCUT2D eigenvalue weighted by Gasteiger charge is 2.30. The molecular formula is C26H27N5O2. The first-order chi connectivity index (χ1) is 16.0. The normalized spacial score (nSPS) is 16.2. The summed E-state index contributed by atoms with van der Waals surface area (Å²) in [5.74, 6) is 2.01. The van der Waals surface area contributed by atoms with Crippen LogP contribution in [0.2, 0.25) is 0 Å². The minimum absolute atomic E-state index is 0.0530. The van der Waals surface area contributed by atoms with E-state index in [4.69, 9.17) is 14.4 Å².